The van der Waals surface area contributed by atoms with Crippen molar-refractivity contribution >= 4 is 45.7 Å². The van der Waals surface area contributed by atoms with Gasteiger partial charge in [0.15, 0.2) is 0 Å². The van der Waals surface area contributed by atoms with E-state index in [0.29, 0.717) is 42.5 Å². The van der Waals surface area contributed by atoms with E-state index in [1.807, 2.05) is 53.4 Å². The number of hydrogen-bond acceptors (Lipinski definition) is 4. The molecule has 1 N–H and O–H groups in total. The van der Waals surface area contributed by atoms with Gasteiger partial charge in [0.25, 0.3) is 5.91 Å². The van der Waals surface area contributed by atoms with Crippen molar-refractivity contribution in [3.05, 3.63) is 65.3 Å². The van der Waals surface area contributed by atoms with Crippen LogP contribution in [0.15, 0.2) is 54.7 Å². The van der Waals surface area contributed by atoms with Gasteiger partial charge < -0.3 is 15.1 Å². The van der Waals surface area contributed by atoms with Gasteiger partial charge >= 0.3 is 0 Å². The number of nitrogens with zero attached hydrogens (tertiary/aromatic N) is 3. The molecule has 0 radical (unpaired) electrons. The molecule has 0 atom stereocenters. The van der Waals surface area contributed by atoms with Crippen molar-refractivity contribution in [2.24, 2.45) is 5.92 Å². The highest BCUT2D eigenvalue weighted by Gasteiger charge is 2.31. The normalized spacial score (nSPS) is 16.4. The second-order valence-electron chi connectivity index (χ2n) is 8.12. The number of pyridine rings is 1. The second kappa shape index (κ2) is 8.19. The molecular weight excluding hydrogens is 412 g/mol. The van der Waals surface area contributed by atoms with Gasteiger partial charge in [-0.1, -0.05) is 35.9 Å². The summed E-state index contributed by atoms with van der Waals surface area (Å²) in [6, 6.07) is 15.4. The molecule has 1 aromatic heterocycles. The van der Waals surface area contributed by atoms with E-state index in [2.05, 4.69) is 15.2 Å². The van der Waals surface area contributed by atoms with Crippen LogP contribution >= 0.6 is 11.6 Å². The van der Waals surface area contributed by atoms with E-state index in [9.17, 15) is 9.59 Å². The molecule has 0 spiro atoms. The summed E-state index contributed by atoms with van der Waals surface area (Å²) in [5.41, 5.74) is 1.15. The van der Waals surface area contributed by atoms with Crippen molar-refractivity contribution in [1.29, 1.82) is 0 Å². The first-order chi connectivity index (χ1) is 15.1. The third-order valence-corrected chi connectivity index (χ3v) is 6.15. The zero-order valence-electron chi connectivity index (χ0n) is 17.1. The maximum absolute atomic E-state index is 13.4. The van der Waals surface area contributed by atoms with Gasteiger partial charge in [-0.2, -0.15) is 0 Å². The number of halogens is 1. The fourth-order valence-corrected chi connectivity index (χ4v) is 4.08. The third kappa shape index (κ3) is 4.21. The van der Waals surface area contributed by atoms with Crippen molar-refractivity contribution in [3.8, 4) is 0 Å². The Morgan fingerprint density at radius 3 is 2.32 bits per heavy atom. The first kappa shape index (κ1) is 19.8. The van der Waals surface area contributed by atoms with Gasteiger partial charge in [0, 0.05) is 38.3 Å². The van der Waals surface area contributed by atoms with Gasteiger partial charge in [0.05, 0.1) is 16.3 Å². The molecule has 6 nitrogen and oxygen atoms in total. The van der Waals surface area contributed by atoms with Crippen LogP contribution in [-0.4, -0.2) is 47.9 Å². The molecule has 158 valence electrons. The van der Waals surface area contributed by atoms with Gasteiger partial charge in [0.2, 0.25) is 5.91 Å². The number of carbonyl (C=O) groups excluding carboxylic acids is 2. The Bertz CT molecular complexity index is 1140. The van der Waals surface area contributed by atoms with Crippen LogP contribution in [0.4, 0.5) is 11.5 Å². The minimum Gasteiger partial charge on any atom is -0.353 e. The number of piperazine rings is 1. The lowest BCUT2D eigenvalue weighted by atomic mass is 10.0. The van der Waals surface area contributed by atoms with E-state index >= 15 is 0 Å². The van der Waals surface area contributed by atoms with E-state index in [0.717, 1.165) is 29.4 Å². The molecule has 0 unspecified atom stereocenters. The maximum atomic E-state index is 13.4. The molecule has 2 heterocycles. The number of anilines is 2. The van der Waals surface area contributed by atoms with Gasteiger partial charge in [-0.15, -0.1) is 0 Å². The summed E-state index contributed by atoms with van der Waals surface area (Å²) in [7, 11) is 0. The molecule has 31 heavy (non-hydrogen) atoms. The highest BCUT2D eigenvalue weighted by atomic mass is 35.5. The second-order valence-corrected chi connectivity index (χ2v) is 8.56. The number of carbonyl (C=O) groups is 2. The van der Waals surface area contributed by atoms with Crippen LogP contribution in [-0.2, 0) is 4.79 Å². The number of amides is 2. The molecule has 7 heteroatoms. The lowest BCUT2D eigenvalue weighted by Crippen LogP contribution is -2.49. The van der Waals surface area contributed by atoms with Crippen LogP contribution in [0.5, 0.6) is 0 Å². The molecule has 2 amide bonds. The molecule has 2 aliphatic rings. The monoisotopic (exact) mass is 434 g/mol. The zero-order valence-corrected chi connectivity index (χ0v) is 17.8. The number of fused-ring (bicyclic) bond motifs is 1. The standard InChI is InChI=1S/C24H23ClN4O2/c25-19-7-8-22(26-15-19)28-9-11-29(12-10-28)24(31)20-13-17-3-1-2-4-18(17)14-21(20)27-23(30)16-5-6-16/h1-4,7-8,13-16H,5-6,9-12H2,(H,27,30). The van der Waals surface area contributed by atoms with Crippen molar-refractivity contribution in [2.75, 3.05) is 36.4 Å². The lowest BCUT2D eigenvalue weighted by molar-refractivity contribution is -0.117. The van der Waals surface area contributed by atoms with Crippen molar-refractivity contribution < 1.29 is 9.59 Å². The zero-order chi connectivity index (χ0) is 21.4. The summed E-state index contributed by atoms with van der Waals surface area (Å²) in [5, 5.41) is 5.60. The molecule has 2 fully saturated rings. The number of nitrogens with one attached hydrogen (secondary N) is 1. The Labute approximate surface area is 185 Å². The van der Waals surface area contributed by atoms with E-state index in [4.69, 9.17) is 11.6 Å². The summed E-state index contributed by atoms with van der Waals surface area (Å²) >= 11 is 5.93. The van der Waals surface area contributed by atoms with Crippen LogP contribution in [0.3, 0.4) is 0 Å². The first-order valence-electron chi connectivity index (χ1n) is 10.6. The molecule has 1 saturated carbocycles. The number of hydrogen-bond donors (Lipinski definition) is 1. The summed E-state index contributed by atoms with van der Waals surface area (Å²) in [5.74, 6) is 0.882. The summed E-state index contributed by atoms with van der Waals surface area (Å²) in [6.07, 6.45) is 3.48. The lowest BCUT2D eigenvalue weighted by Gasteiger charge is -2.35. The van der Waals surface area contributed by atoms with Crippen LogP contribution < -0.4 is 10.2 Å². The molecule has 1 saturated heterocycles. The maximum Gasteiger partial charge on any atom is 0.256 e. The molecule has 2 aromatic carbocycles. The Balaban J connectivity index is 1.37. The molecule has 3 aromatic rings. The van der Waals surface area contributed by atoms with Crippen molar-refractivity contribution in [3.63, 3.8) is 0 Å². The van der Waals surface area contributed by atoms with Crippen LogP contribution in [0, 0.1) is 5.92 Å². The topological polar surface area (TPSA) is 65.5 Å². The SMILES string of the molecule is O=C(Nc1cc2ccccc2cc1C(=O)N1CCN(c2ccc(Cl)cn2)CC1)C1CC1. The van der Waals surface area contributed by atoms with Crippen LogP contribution in [0.2, 0.25) is 5.02 Å². The van der Waals surface area contributed by atoms with Gasteiger partial charge in [0.1, 0.15) is 5.82 Å². The number of benzene rings is 2. The third-order valence-electron chi connectivity index (χ3n) is 5.92. The van der Waals surface area contributed by atoms with Gasteiger partial charge in [-0.3, -0.25) is 9.59 Å². The summed E-state index contributed by atoms with van der Waals surface area (Å²) in [4.78, 5) is 34.2. The van der Waals surface area contributed by atoms with Crippen LogP contribution in [0.25, 0.3) is 10.8 Å². The largest absolute Gasteiger partial charge is 0.353 e. The average molecular weight is 435 g/mol. The molecule has 1 aliphatic heterocycles. The van der Waals surface area contributed by atoms with E-state index in [1.54, 1.807) is 6.20 Å². The highest BCUT2D eigenvalue weighted by molar-refractivity contribution is 6.30. The Morgan fingerprint density at radius 2 is 1.68 bits per heavy atom. The molecule has 5 rings (SSSR count). The van der Waals surface area contributed by atoms with E-state index in [1.165, 1.54) is 0 Å². The van der Waals surface area contributed by atoms with E-state index in [-0.39, 0.29) is 17.7 Å². The summed E-state index contributed by atoms with van der Waals surface area (Å²) < 4.78 is 0. The Hall–Kier alpha value is -3.12. The number of rotatable bonds is 4. The summed E-state index contributed by atoms with van der Waals surface area (Å²) in [6.45, 7) is 2.56. The van der Waals surface area contributed by atoms with Gasteiger partial charge in [-0.05, 0) is 47.9 Å². The quantitative estimate of drug-likeness (QED) is 0.668. The van der Waals surface area contributed by atoms with Crippen molar-refractivity contribution in [1.82, 2.24) is 9.88 Å². The molecule has 1 aliphatic carbocycles. The smallest absolute Gasteiger partial charge is 0.256 e. The highest BCUT2D eigenvalue weighted by Crippen LogP contribution is 2.32. The molecular formula is C24H23ClN4O2. The van der Waals surface area contributed by atoms with E-state index < -0.39 is 0 Å². The Morgan fingerprint density at radius 1 is 0.968 bits per heavy atom. The minimum atomic E-state index is -0.0550. The fraction of sp³-hybridized carbons (Fsp3) is 0.292. The number of aromatic nitrogens is 1. The average Bonchev–Trinajstić information content (AvgIpc) is 3.64. The van der Waals surface area contributed by atoms with Crippen molar-refractivity contribution in [2.45, 2.75) is 12.8 Å². The minimum absolute atomic E-state index is 0.00274. The van der Waals surface area contributed by atoms with Gasteiger partial charge in [-0.25, -0.2) is 4.98 Å². The fourth-order valence-electron chi connectivity index (χ4n) is 3.97. The predicted octanol–water partition coefficient (Wildman–Crippen LogP) is 4.20. The molecule has 0 bridgehead atoms. The Kier molecular flexibility index (Phi) is 5.24. The predicted molar refractivity (Wildman–Crippen MR) is 123 cm³/mol. The van der Waals surface area contributed by atoms with Crippen LogP contribution in [0.1, 0.15) is 23.2 Å². The first-order valence-corrected chi connectivity index (χ1v) is 11.0.